The summed E-state index contributed by atoms with van der Waals surface area (Å²) in [6.07, 6.45) is -0.0613. The van der Waals surface area contributed by atoms with E-state index in [1.54, 1.807) is 20.8 Å². The van der Waals surface area contributed by atoms with Crippen molar-refractivity contribution >= 4 is 11.9 Å². The zero-order chi connectivity index (χ0) is 13.2. The largest absolute Gasteiger partial charge is 0.444 e. The third-order valence-corrected chi connectivity index (χ3v) is 2.65. The highest BCUT2D eigenvalue weighted by atomic mass is 16.6. The van der Waals surface area contributed by atoms with Crippen LogP contribution in [-0.4, -0.2) is 46.2 Å². The van der Waals surface area contributed by atoms with Gasteiger partial charge in [0.1, 0.15) is 5.60 Å². The average molecular weight is 243 g/mol. The molecule has 0 spiro atoms. The molecular formula is C12H21NO4. The number of piperidine rings is 1. The Balaban J connectivity index is 2.75. The maximum atomic E-state index is 11.9. The second kappa shape index (κ2) is 5.04. The van der Waals surface area contributed by atoms with Crippen molar-refractivity contribution in [1.29, 1.82) is 0 Å². The minimum absolute atomic E-state index is 0.0669. The Bertz CT molecular complexity index is 308. The number of β-amino-alcohol motifs (C(OH)–C–C–N with tert-alkyl or cyclic N) is 1. The van der Waals surface area contributed by atoms with Crippen molar-refractivity contribution in [2.45, 2.75) is 58.3 Å². The van der Waals surface area contributed by atoms with Crippen molar-refractivity contribution in [3.8, 4) is 0 Å². The fraction of sp³-hybridized carbons (Fsp3) is 0.833. The Hall–Kier alpha value is -1.10. The molecule has 1 aliphatic heterocycles. The number of likely N-dealkylation sites (tertiary alicyclic amines) is 1. The van der Waals surface area contributed by atoms with Gasteiger partial charge in [0.2, 0.25) is 0 Å². The van der Waals surface area contributed by atoms with Gasteiger partial charge in [-0.05, 0) is 40.5 Å². The fourth-order valence-electron chi connectivity index (χ4n) is 1.90. The van der Waals surface area contributed by atoms with Crippen LogP contribution in [0.3, 0.4) is 0 Å². The first-order valence-corrected chi connectivity index (χ1v) is 5.89. The highest BCUT2D eigenvalue weighted by Crippen LogP contribution is 2.21. The molecule has 0 saturated carbocycles. The van der Waals surface area contributed by atoms with E-state index in [-0.39, 0.29) is 12.3 Å². The molecule has 0 aromatic carbocycles. The highest BCUT2D eigenvalue weighted by molar-refractivity contribution is 5.85. The first kappa shape index (κ1) is 14.0. The van der Waals surface area contributed by atoms with Gasteiger partial charge < -0.3 is 9.84 Å². The maximum absolute atomic E-state index is 11.9. The number of carbonyl (C=O) groups excluding carboxylic acids is 2. The Labute approximate surface area is 102 Å². The molecule has 98 valence electrons. The number of aliphatic hydroxyl groups is 1. The van der Waals surface area contributed by atoms with E-state index in [0.717, 1.165) is 0 Å². The Morgan fingerprint density at radius 2 is 1.88 bits per heavy atom. The van der Waals surface area contributed by atoms with Crippen LogP contribution in [0.25, 0.3) is 0 Å². The van der Waals surface area contributed by atoms with Crippen LogP contribution in [-0.2, 0) is 9.53 Å². The van der Waals surface area contributed by atoms with Gasteiger partial charge in [-0.1, -0.05) is 0 Å². The van der Waals surface area contributed by atoms with Gasteiger partial charge in [0.25, 0.3) is 0 Å². The molecule has 1 amide bonds. The predicted octanol–water partition coefficient (Wildman–Crippen LogP) is 1.34. The lowest BCUT2D eigenvalue weighted by Gasteiger charge is -2.37. The molecule has 0 bridgehead atoms. The average Bonchev–Trinajstić information content (AvgIpc) is 2.14. The van der Waals surface area contributed by atoms with Crippen LogP contribution < -0.4 is 0 Å². The normalized spacial score (nSPS) is 25.6. The lowest BCUT2D eigenvalue weighted by Crippen LogP contribution is -2.52. The summed E-state index contributed by atoms with van der Waals surface area (Å²) in [5.74, 6) is -0.0669. The van der Waals surface area contributed by atoms with Gasteiger partial charge in [0.15, 0.2) is 5.78 Å². The summed E-state index contributed by atoms with van der Waals surface area (Å²) in [5.41, 5.74) is -0.596. The number of rotatable bonds is 1. The SMILES string of the molecule is CC(=O)[C@@H]1CC[C@@H](O)CN1C(=O)OC(C)(C)C. The Kier molecular flexibility index (Phi) is 4.14. The molecule has 5 nitrogen and oxygen atoms in total. The molecule has 1 saturated heterocycles. The van der Waals surface area contributed by atoms with Gasteiger partial charge >= 0.3 is 6.09 Å². The van der Waals surface area contributed by atoms with Gasteiger partial charge in [0.05, 0.1) is 18.7 Å². The van der Waals surface area contributed by atoms with E-state index in [9.17, 15) is 14.7 Å². The van der Waals surface area contributed by atoms with Gasteiger partial charge in [-0.2, -0.15) is 0 Å². The number of nitrogens with zero attached hydrogens (tertiary/aromatic N) is 1. The van der Waals surface area contributed by atoms with Crippen molar-refractivity contribution in [2.75, 3.05) is 6.54 Å². The molecule has 2 atom stereocenters. The lowest BCUT2D eigenvalue weighted by molar-refractivity contribution is -0.124. The van der Waals surface area contributed by atoms with Crippen molar-refractivity contribution in [2.24, 2.45) is 0 Å². The van der Waals surface area contributed by atoms with E-state index >= 15 is 0 Å². The molecule has 1 aliphatic rings. The number of aliphatic hydroxyl groups excluding tert-OH is 1. The van der Waals surface area contributed by atoms with Crippen LogP contribution in [0.4, 0.5) is 4.79 Å². The number of hydrogen-bond acceptors (Lipinski definition) is 4. The summed E-state index contributed by atoms with van der Waals surface area (Å²) in [5, 5.41) is 9.57. The summed E-state index contributed by atoms with van der Waals surface area (Å²) in [6, 6.07) is -0.465. The zero-order valence-corrected chi connectivity index (χ0v) is 10.9. The predicted molar refractivity (Wildman–Crippen MR) is 62.6 cm³/mol. The molecule has 1 fully saturated rings. The van der Waals surface area contributed by atoms with Crippen LogP contribution in [0.15, 0.2) is 0 Å². The van der Waals surface area contributed by atoms with Crippen LogP contribution >= 0.6 is 0 Å². The van der Waals surface area contributed by atoms with Crippen LogP contribution in [0.2, 0.25) is 0 Å². The molecule has 0 unspecified atom stereocenters. The molecule has 5 heteroatoms. The third-order valence-electron chi connectivity index (χ3n) is 2.65. The van der Waals surface area contributed by atoms with Crippen LogP contribution in [0.1, 0.15) is 40.5 Å². The molecule has 1 rings (SSSR count). The highest BCUT2D eigenvalue weighted by Gasteiger charge is 2.35. The minimum atomic E-state index is -0.596. The van der Waals surface area contributed by atoms with Crippen molar-refractivity contribution in [3.05, 3.63) is 0 Å². The number of carbonyl (C=O) groups is 2. The van der Waals surface area contributed by atoms with Gasteiger partial charge in [-0.25, -0.2) is 4.79 Å². The van der Waals surface area contributed by atoms with Gasteiger partial charge in [0, 0.05) is 0 Å². The van der Waals surface area contributed by atoms with Crippen molar-refractivity contribution in [1.82, 2.24) is 4.90 Å². The molecule has 0 aromatic rings. The molecule has 0 radical (unpaired) electrons. The minimum Gasteiger partial charge on any atom is -0.444 e. The first-order chi connectivity index (χ1) is 7.70. The maximum Gasteiger partial charge on any atom is 0.410 e. The van der Waals surface area contributed by atoms with Crippen LogP contribution in [0, 0.1) is 0 Å². The molecule has 0 aromatic heterocycles. The van der Waals surface area contributed by atoms with E-state index in [1.165, 1.54) is 11.8 Å². The molecule has 1 heterocycles. The third kappa shape index (κ3) is 4.00. The summed E-state index contributed by atoms with van der Waals surface area (Å²) in [7, 11) is 0. The molecule has 1 N–H and O–H groups in total. The van der Waals surface area contributed by atoms with E-state index in [4.69, 9.17) is 4.74 Å². The molecule has 17 heavy (non-hydrogen) atoms. The Morgan fingerprint density at radius 3 is 2.35 bits per heavy atom. The zero-order valence-electron chi connectivity index (χ0n) is 10.9. The molecular weight excluding hydrogens is 222 g/mol. The van der Waals surface area contributed by atoms with Gasteiger partial charge in [-0.15, -0.1) is 0 Å². The van der Waals surface area contributed by atoms with E-state index in [2.05, 4.69) is 0 Å². The number of Topliss-reactive ketones (excluding diaryl/α,β-unsaturated/α-hetero) is 1. The summed E-state index contributed by atoms with van der Waals surface area (Å²) < 4.78 is 5.23. The summed E-state index contributed by atoms with van der Waals surface area (Å²) in [4.78, 5) is 24.7. The van der Waals surface area contributed by atoms with E-state index < -0.39 is 23.8 Å². The van der Waals surface area contributed by atoms with Crippen molar-refractivity contribution < 1.29 is 19.4 Å². The van der Waals surface area contributed by atoms with Crippen molar-refractivity contribution in [3.63, 3.8) is 0 Å². The van der Waals surface area contributed by atoms with E-state index in [1.807, 2.05) is 0 Å². The second-order valence-electron chi connectivity index (χ2n) is 5.49. The number of hydrogen-bond donors (Lipinski definition) is 1. The smallest absolute Gasteiger partial charge is 0.410 e. The quantitative estimate of drug-likeness (QED) is 0.754. The topological polar surface area (TPSA) is 66.8 Å². The second-order valence-corrected chi connectivity index (χ2v) is 5.49. The Morgan fingerprint density at radius 1 is 1.29 bits per heavy atom. The van der Waals surface area contributed by atoms with E-state index in [0.29, 0.717) is 12.8 Å². The summed E-state index contributed by atoms with van der Waals surface area (Å²) >= 11 is 0. The number of ketones is 1. The summed E-state index contributed by atoms with van der Waals surface area (Å²) in [6.45, 7) is 6.94. The monoisotopic (exact) mass is 243 g/mol. The fourth-order valence-corrected chi connectivity index (χ4v) is 1.90. The standard InChI is InChI=1S/C12H21NO4/c1-8(14)10-6-5-9(15)7-13(10)11(16)17-12(2,3)4/h9-10,15H,5-7H2,1-4H3/t9-,10+/m1/s1. The van der Waals surface area contributed by atoms with Crippen LogP contribution in [0.5, 0.6) is 0 Å². The molecule has 0 aliphatic carbocycles. The lowest BCUT2D eigenvalue weighted by atomic mass is 9.98. The first-order valence-electron chi connectivity index (χ1n) is 5.89. The number of amides is 1. The van der Waals surface area contributed by atoms with Gasteiger partial charge in [-0.3, -0.25) is 9.69 Å². The number of ether oxygens (including phenoxy) is 1.